The summed E-state index contributed by atoms with van der Waals surface area (Å²) in [5.74, 6) is -0.198. The van der Waals surface area contributed by atoms with Crippen molar-refractivity contribution in [2.24, 2.45) is 0 Å². The van der Waals surface area contributed by atoms with Crippen LogP contribution in [0, 0.1) is 12.7 Å². The van der Waals surface area contributed by atoms with Crippen molar-refractivity contribution in [1.29, 1.82) is 0 Å². The van der Waals surface area contributed by atoms with Crippen molar-refractivity contribution < 1.29 is 4.39 Å². The third-order valence-corrected chi connectivity index (χ3v) is 4.19. The summed E-state index contributed by atoms with van der Waals surface area (Å²) in [7, 11) is 0. The lowest BCUT2D eigenvalue weighted by molar-refractivity contribution is 0.539. The number of rotatable bonds is 5. The zero-order valence-corrected chi connectivity index (χ0v) is 13.4. The third kappa shape index (κ3) is 3.68. The second-order valence-electron chi connectivity index (χ2n) is 4.91. The number of benzene rings is 2. The maximum atomic E-state index is 13.5. The second kappa shape index (κ2) is 7.00. The molecule has 0 aromatic heterocycles. The summed E-state index contributed by atoms with van der Waals surface area (Å²) in [5.41, 5.74) is 3.52. The highest BCUT2D eigenvalue weighted by atomic mass is 79.9. The molecule has 0 aliphatic heterocycles. The monoisotopic (exact) mass is 335 g/mol. The molecule has 0 saturated carbocycles. The van der Waals surface area contributed by atoms with Gasteiger partial charge in [0.05, 0.1) is 0 Å². The fourth-order valence-corrected chi connectivity index (χ4v) is 2.90. The van der Waals surface area contributed by atoms with Crippen LogP contribution in [-0.2, 0) is 6.42 Å². The first-order valence-corrected chi connectivity index (χ1v) is 7.64. The van der Waals surface area contributed by atoms with E-state index in [1.54, 1.807) is 12.1 Å². The lowest BCUT2D eigenvalue weighted by Gasteiger charge is -2.21. The SMILES string of the molecule is CCNC(Cc1ccccc1C)c1cc(F)ccc1Br. The molecular formula is C17H19BrFN. The Balaban J connectivity index is 2.32. The van der Waals surface area contributed by atoms with E-state index in [-0.39, 0.29) is 11.9 Å². The highest BCUT2D eigenvalue weighted by Gasteiger charge is 2.16. The Morgan fingerprint density at radius 1 is 1.20 bits per heavy atom. The predicted molar refractivity (Wildman–Crippen MR) is 85.4 cm³/mol. The molecule has 106 valence electrons. The lowest BCUT2D eigenvalue weighted by Crippen LogP contribution is -2.23. The van der Waals surface area contributed by atoms with E-state index in [4.69, 9.17) is 0 Å². The molecule has 0 saturated heterocycles. The zero-order chi connectivity index (χ0) is 14.5. The quantitative estimate of drug-likeness (QED) is 0.828. The minimum atomic E-state index is -0.198. The van der Waals surface area contributed by atoms with Gasteiger partial charge in [0.15, 0.2) is 0 Å². The van der Waals surface area contributed by atoms with Crippen LogP contribution < -0.4 is 5.32 Å². The molecule has 2 rings (SSSR count). The van der Waals surface area contributed by atoms with Gasteiger partial charge in [0, 0.05) is 10.5 Å². The first-order valence-electron chi connectivity index (χ1n) is 6.84. The Hall–Kier alpha value is -1.19. The van der Waals surface area contributed by atoms with Gasteiger partial charge in [-0.15, -0.1) is 0 Å². The van der Waals surface area contributed by atoms with Gasteiger partial charge in [0.25, 0.3) is 0 Å². The number of hydrogen-bond acceptors (Lipinski definition) is 1. The molecule has 2 aromatic rings. The predicted octanol–water partition coefficient (Wildman–Crippen LogP) is 4.79. The largest absolute Gasteiger partial charge is 0.310 e. The topological polar surface area (TPSA) is 12.0 Å². The van der Waals surface area contributed by atoms with Crippen LogP contribution in [0.3, 0.4) is 0 Å². The van der Waals surface area contributed by atoms with Gasteiger partial charge in [-0.3, -0.25) is 0 Å². The van der Waals surface area contributed by atoms with Crippen molar-refractivity contribution in [3.8, 4) is 0 Å². The molecular weight excluding hydrogens is 317 g/mol. The van der Waals surface area contributed by atoms with Crippen molar-refractivity contribution in [1.82, 2.24) is 5.32 Å². The zero-order valence-electron chi connectivity index (χ0n) is 11.8. The third-order valence-electron chi connectivity index (χ3n) is 3.47. The Labute approximate surface area is 128 Å². The van der Waals surface area contributed by atoms with E-state index in [2.05, 4.69) is 47.2 Å². The van der Waals surface area contributed by atoms with Crippen molar-refractivity contribution in [2.45, 2.75) is 26.3 Å². The molecule has 3 heteroatoms. The second-order valence-corrected chi connectivity index (χ2v) is 5.76. The summed E-state index contributed by atoms with van der Waals surface area (Å²) >= 11 is 3.53. The molecule has 1 atom stereocenters. The number of nitrogens with one attached hydrogen (secondary N) is 1. The molecule has 0 aliphatic carbocycles. The number of halogens is 2. The molecule has 0 bridgehead atoms. The van der Waals surface area contributed by atoms with Crippen molar-refractivity contribution in [2.75, 3.05) is 6.54 Å². The van der Waals surface area contributed by atoms with E-state index in [0.29, 0.717) is 0 Å². The summed E-state index contributed by atoms with van der Waals surface area (Å²) < 4.78 is 14.5. The Morgan fingerprint density at radius 2 is 1.95 bits per heavy atom. The van der Waals surface area contributed by atoms with Gasteiger partial charge >= 0.3 is 0 Å². The summed E-state index contributed by atoms with van der Waals surface area (Å²) in [6.45, 7) is 5.02. The fourth-order valence-electron chi connectivity index (χ4n) is 2.38. The number of aryl methyl sites for hydroxylation is 1. The van der Waals surface area contributed by atoms with E-state index in [1.807, 2.05) is 12.1 Å². The van der Waals surface area contributed by atoms with Gasteiger partial charge < -0.3 is 5.32 Å². The highest BCUT2D eigenvalue weighted by Crippen LogP contribution is 2.27. The average Bonchev–Trinajstić information content (AvgIpc) is 2.43. The first-order chi connectivity index (χ1) is 9.61. The van der Waals surface area contributed by atoms with Crippen molar-refractivity contribution in [3.05, 3.63) is 69.4 Å². The minimum Gasteiger partial charge on any atom is -0.310 e. The van der Waals surface area contributed by atoms with E-state index in [1.165, 1.54) is 17.2 Å². The number of likely N-dealkylation sites (N-methyl/N-ethyl adjacent to an activating group) is 1. The van der Waals surface area contributed by atoms with Crippen LogP contribution in [0.2, 0.25) is 0 Å². The highest BCUT2D eigenvalue weighted by molar-refractivity contribution is 9.10. The van der Waals surface area contributed by atoms with Crippen LogP contribution in [-0.4, -0.2) is 6.54 Å². The normalized spacial score (nSPS) is 12.4. The summed E-state index contributed by atoms with van der Waals surface area (Å²) in [4.78, 5) is 0. The number of hydrogen-bond donors (Lipinski definition) is 1. The molecule has 0 amide bonds. The Morgan fingerprint density at radius 3 is 2.65 bits per heavy atom. The van der Waals surface area contributed by atoms with Crippen LogP contribution in [0.1, 0.15) is 29.7 Å². The molecule has 1 N–H and O–H groups in total. The van der Waals surface area contributed by atoms with Gasteiger partial charge in [-0.1, -0.05) is 47.1 Å². The van der Waals surface area contributed by atoms with Crippen LogP contribution in [0.4, 0.5) is 4.39 Å². The molecule has 0 radical (unpaired) electrons. The van der Waals surface area contributed by atoms with Crippen molar-refractivity contribution >= 4 is 15.9 Å². The fraction of sp³-hybridized carbons (Fsp3) is 0.294. The molecule has 0 aliphatic rings. The van der Waals surface area contributed by atoms with E-state index < -0.39 is 0 Å². The van der Waals surface area contributed by atoms with Crippen molar-refractivity contribution in [3.63, 3.8) is 0 Å². The molecule has 20 heavy (non-hydrogen) atoms. The Kier molecular flexibility index (Phi) is 5.32. The van der Waals surface area contributed by atoms with E-state index >= 15 is 0 Å². The van der Waals surface area contributed by atoms with E-state index in [9.17, 15) is 4.39 Å². The minimum absolute atomic E-state index is 0.103. The van der Waals surface area contributed by atoms with Gasteiger partial charge in [0.1, 0.15) is 5.82 Å². The summed E-state index contributed by atoms with van der Waals surface area (Å²) in [6, 6.07) is 13.3. The van der Waals surface area contributed by atoms with Gasteiger partial charge in [-0.05, 0) is 54.8 Å². The maximum Gasteiger partial charge on any atom is 0.123 e. The Bertz CT molecular complexity index is 583. The van der Waals surface area contributed by atoms with Crippen LogP contribution in [0.25, 0.3) is 0 Å². The lowest BCUT2D eigenvalue weighted by atomic mass is 9.96. The van der Waals surface area contributed by atoms with Gasteiger partial charge in [0.2, 0.25) is 0 Å². The molecule has 0 spiro atoms. The molecule has 0 heterocycles. The van der Waals surface area contributed by atoms with Crippen LogP contribution in [0.15, 0.2) is 46.9 Å². The summed E-state index contributed by atoms with van der Waals surface area (Å²) in [6.07, 6.45) is 0.850. The standard InChI is InChI=1S/C17H19BrFN/c1-3-20-17(10-13-7-5-4-6-12(13)2)15-11-14(19)8-9-16(15)18/h4-9,11,17,20H,3,10H2,1-2H3. The molecule has 1 nitrogen and oxygen atoms in total. The molecule has 2 aromatic carbocycles. The van der Waals surface area contributed by atoms with Crippen LogP contribution >= 0.6 is 15.9 Å². The van der Waals surface area contributed by atoms with Gasteiger partial charge in [-0.2, -0.15) is 0 Å². The first kappa shape index (κ1) is 15.2. The summed E-state index contributed by atoms with van der Waals surface area (Å²) in [5, 5.41) is 3.45. The smallest absolute Gasteiger partial charge is 0.123 e. The molecule has 1 unspecified atom stereocenters. The van der Waals surface area contributed by atoms with Crippen LogP contribution in [0.5, 0.6) is 0 Å². The van der Waals surface area contributed by atoms with Gasteiger partial charge in [-0.25, -0.2) is 4.39 Å². The van der Waals surface area contributed by atoms with E-state index in [0.717, 1.165) is 23.0 Å². The molecule has 0 fully saturated rings. The average molecular weight is 336 g/mol. The maximum absolute atomic E-state index is 13.5.